The molecule has 4 nitrogen and oxygen atoms in total. The van der Waals surface area contributed by atoms with Crippen LogP contribution >= 0.6 is 0 Å². The molecule has 0 aromatic carbocycles. The maximum atomic E-state index is 4.95. The van der Waals surface area contributed by atoms with Gasteiger partial charge in [-0.1, -0.05) is 0 Å². The molecule has 0 saturated heterocycles. The number of hydrogen-bond acceptors (Lipinski definition) is 4. The van der Waals surface area contributed by atoms with Gasteiger partial charge >= 0.3 is 0 Å². The summed E-state index contributed by atoms with van der Waals surface area (Å²) in [6, 6.07) is 0. The average Bonchev–Trinajstić information content (AvgIpc) is 1.81. The van der Waals surface area contributed by atoms with Crippen LogP contribution in [0.15, 0.2) is 12.5 Å². The highest BCUT2D eigenvalue weighted by Gasteiger charge is 1.68. The second-order valence-electron chi connectivity index (χ2n) is 0.939. The van der Waals surface area contributed by atoms with Gasteiger partial charge in [-0.05, 0) is 0 Å². The first-order chi connectivity index (χ1) is 3.91. The van der Waals surface area contributed by atoms with Crippen LogP contribution in [0.4, 0.5) is 0 Å². The maximum absolute atomic E-state index is 4.95. The van der Waals surface area contributed by atoms with E-state index in [4.69, 9.17) is 11.5 Å². The molecule has 0 aromatic heterocycles. The fourth-order valence-corrected chi connectivity index (χ4v) is 0.190. The largest absolute Gasteiger partial charge is 0.483 e. The van der Waals surface area contributed by atoms with E-state index >= 15 is 0 Å². The van der Waals surface area contributed by atoms with Crippen LogP contribution in [-0.4, -0.2) is 13.5 Å². The van der Waals surface area contributed by atoms with Crippen LogP contribution in [-0.2, 0) is 9.47 Å². The van der Waals surface area contributed by atoms with Crippen LogP contribution in [0.5, 0.6) is 0 Å². The van der Waals surface area contributed by atoms with Crippen LogP contribution in [0.1, 0.15) is 0 Å². The quantitative estimate of drug-likeness (QED) is 0.379. The number of rotatable bonds is 4. The van der Waals surface area contributed by atoms with Crippen LogP contribution in [0.25, 0.3) is 0 Å². The van der Waals surface area contributed by atoms with Gasteiger partial charge in [0.2, 0.25) is 0 Å². The topological polar surface area (TPSA) is 70.5 Å². The second kappa shape index (κ2) is 6.26. The van der Waals surface area contributed by atoms with Crippen molar-refractivity contribution in [2.45, 2.75) is 0 Å². The Labute approximate surface area is 48.1 Å². The molecule has 0 aliphatic heterocycles. The SMILES string of the molecule is NCOC=COCN. The summed E-state index contributed by atoms with van der Waals surface area (Å²) in [6.45, 7) is 0.314. The van der Waals surface area contributed by atoms with E-state index in [0.29, 0.717) is 0 Å². The zero-order valence-corrected chi connectivity index (χ0v) is 4.54. The molecule has 0 heterocycles. The molecule has 0 aliphatic carbocycles. The molecule has 48 valence electrons. The van der Waals surface area contributed by atoms with E-state index in [1.54, 1.807) is 0 Å². The predicted molar refractivity (Wildman–Crippen MR) is 29.4 cm³/mol. The molecule has 8 heavy (non-hydrogen) atoms. The molecular weight excluding hydrogens is 108 g/mol. The summed E-state index contributed by atoms with van der Waals surface area (Å²) < 4.78 is 9.10. The molecule has 0 bridgehead atoms. The van der Waals surface area contributed by atoms with Gasteiger partial charge in [0.05, 0.1) is 0 Å². The first kappa shape index (κ1) is 7.26. The van der Waals surface area contributed by atoms with Gasteiger partial charge in [0.15, 0.2) is 0 Å². The molecule has 0 amide bonds. The van der Waals surface area contributed by atoms with Crippen LogP contribution in [0, 0.1) is 0 Å². The fourth-order valence-electron chi connectivity index (χ4n) is 0.190. The van der Waals surface area contributed by atoms with E-state index < -0.39 is 0 Å². The summed E-state index contributed by atoms with van der Waals surface area (Å²) >= 11 is 0. The van der Waals surface area contributed by atoms with Crippen molar-refractivity contribution in [3.05, 3.63) is 12.5 Å². The van der Waals surface area contributed by atoms with Crippen molar-refractivity contribution in [1.82, 2.24) is 0 Å². The summed E-state index contributed by atoms with van der Waals surface area (Å²) in [5.41, 5.74) is 9.90. The number of hydrogen-bond donors (Lipinski definition) is 2. The first-order valence-electron chi connectivity index (χ1n) is 2.20. The van der Waals surface area contributed by atoms with Gasteiger partial charge < -0.3 is 9.47 Å². The normalized spacial score (nSPS) is 9.75. The van der Waals surface area contributed by atoms with E-state index in [1.807, 2.05) is 0 Å². The summed E-state index contributed by atoms with van der Waals surface area (Å²) in [7, 11) is 0. The fraction of sp³-hybridized carbons (Fsp3) is 0.500. The van der Waals surface area contributed by atoms with Gasteiger partial charge in [0, 0.05) is 0 Å². The lowest BCUT2D eigenvalue weighted by atomic mass is 11.0. The van der Waals surface area contributed by atoms with Crippen molar-refractivity contribution in [2.75, 3.05) is 13.5 Å². The van der Waals surface area contributed by atoms with Crippen LogP contribution < -0.4 is 11.5 Å². The van der Waals surface area contributed by atoms with E-state index in [2.05, 4.69) is 9.47 Å². The molecule has 4 heteroatoms. The van der Waals surface area contributed by atoms with Crippen LogP contribution in [0.3, 0.4) is 0 Å². The highest BCUT2D eigenvalue weighted by Crippen LogP contribution is 1.73. The minimum absolute atomic E-state index is 0.157. The Morgan fingerprint density at radius 2 is 1.38 bits per heavy atom. The van der Waals surface area contributed by atoms with Crippen molar-refractivity contribution in [1.29, 1.82) is 0 Å². The van der Waals surface area contributed by atoms with Gasteiger partial charge in [0.1, 0.15) is 26.0 Å². The number of nitrogens with two attached hydrogens (primary N) is 2. The smallest absolute Gasteiger partial charge is 0.136 e. The van der Waals surface area contributed by atoms with Crippen LogP contribution in [0.2, 0.25) is 0 Å². The molecule has 0 aliphatic rings. The van der Waals surface area contributed by atoms with Crippen molar-refractivity contribution in [3.63, 3.8) is 0 Å². The van der Waals surface area contributed by atoms with E-state index in [9.17, 15) is 0 Å². The summed E-state index contributed by atoms with van der Waals surface area (Å²) in [5, 5.41) is 0. The molecule has 0 saturated carbocycles. The van der Waals surface area contributed by atoms with Crippen molar-refractivity contribution < 1.29 is 9.47 Å². The van der Waals surface area contributed by atoms with Crippen molar-refractivity contribution in [3.8, 4) is 0 Å². The van der Waals surface area contributed by atoms with E-state index in [0.717, 1.165) is 0 Å². The van der Waals surface area contributed by atoms with Gasteiger partial charge in [-0.15, -0.1) is 0 Å². The Bertz CT molecular complexity index is 57.1. The molecule has 0 unspecified atom stereocenters. The molecule has 0 rings (SSSR count). The highest BCUT2D eigenvalue weighted by molar-refractivity contribution is 4.58. The predicted octanol–water partition coefficient (Wildman–Crippen LogP) is -0.677. The van der Waals surface area contributed by atoms with Crippen molar-refractivity contribution >= 4 is 0 Å². The van der Waals surface area contributed by atoms with Gasteiger partial charge in [0.25, 0.3) is 0 Å². The standard InChI is InChI=1S/C4H10N2O2/c5-3-7-1-2-8-4-6/h1-2H,3-6H2. The van der Waals surface area contributed by atoms with Gasteiger partial charge in [-0.3, -0.25) is 11.5 Å². The molecule has 0 atom stereocenters. The lowest BCUT2D eigenvalue weighted by Crippen LogP contribution is -2.01. The van der Waals surface area contributed by atoms with Crippen molar-refractivity contribution in [2.24, 2.45) is 11.5 Å². The van der Waals surface area contributed by atoms with Gasteiger partial charge in [-0.2, -0.15) is 0 Å². The highest BCUT2D eigenvalue weighted by atomic mass is 16.5. The Morgan fingerprint density at radius 3 is 1.62 bits per heavy atom. The monoisotopic (exact) mass is 118 g/mol. The Hall–Kier alpha value is -0.740. The maximum Gasteiger partial charge on any atom is 0.136 e. The number of ether oxygens (including phenoxy) is 2. The Balaban J connectivity index is 2.83. The zero-order chi connectivity index (χ0) is 6.24. The third kappa shape index (κ3) is 5.26. The molecule has 0 fully saturated rings. The summed E-state index contributed by atoms with van der Waals surface area (Å²) in [5.74, 6) is 0. The lowest BCUT2D eigenvalue weighted by Gasteiger charge is -1.92. The molecule has 4 N–H and O–H groups in total. The second-order valence-corrected chi connectivity index (χ2v) is 0.939. The Morgan fingerprint density at radius 1 is 1.00 bits per heavy atom. The van der Waals surface area contributed by atoms with Gasteiger partial charge in [-0.25, -0.2) is 0 Å². The Kier molecular flexibility index (Phi) is 5.68. The zero-order valence-electron chi connectivity index (χ0n) is 4.54. The third-order valence-electron chi connectivity index (χ3n) is 0.440. The minimum atomic E-state index is 0.157. The molecule has 0 radical (unpaired) electrons. The van der Waals surface area contributed by atoms with E-state index in [1.165, 1.54) is 12.5 Å². The third-order valence-corrected chi connectivity index (χ3v) is 0.440. The summed E-state index contributed by atoms with van der Waals surface area (Å²) in [4.78, 5) is 0. The van der Waals surface area contributed by atoms with E-state index in [-0.39, 0.29) is 13.5 Å². The minimum Gasteiger partial charge on any atom is -0.483 e. The lowest BCUT2D eigenvalue weighted by molar-refractivity contribution is 0.213. The summed E-state index contributed by atoms with van der Waals surface area (Å²) in [6.07, 6.45) is 2.68. The first-order valence-corrected chi connectivity index (χ1v) is 2.20. The molecule has 0 aromatic rings. The average molecular weight is 118 g/mol. The molecular formula is C4H10N2O2. The molecule has 0 spiro atoms.